The Labute approximate surface area is 126 Å². The number of rotatable bonds is 2. The van der Waals surface area contributed by atoms with E-state index in [2.05, 4.69) is 9.47 Å². The molecule has 0 bridgehead atoms. The third-order valence-electron chi connectivity index (χ3n) is 0.938. The summed E-state index contributed by atoms with van der Waals surface area (Å²) in [5, 5.41) is 1.65. The first-order chi connectivity index (χ1) is 7.49. The molecule has 0 spiro atoms. The summed E-state index contributed by atoms with van der Waals surface area (Å²) in [5.74, 6) is 0. The topological polar surface area (TPSA) is 64.6 Å². The molecule has 0 saturated carbocycles. The zero-order valence-corrected chi connectivity index (χ0v) is 12.4. The average molecular weight is 368 g/mol. The quantitative estimate of drug-likeness (QED) is 0.757. The van der Waals surface area contributed by atoms with Crippen LogP contribution in [0.25, 0.3) is 0 Å². The number of carbonyl (C=O) groups excluding carboxylic acids is 2. The summed E-state index contributed by atoms with van der Waals surface area (Å²) in [7, 11) is 0. The van der Waals surface area contributed by atoms with Crippen molar-refractivity contribution in [3.05, 3.63) is 0 Å². The lowest BCUT2D eigenvalue weighted by molar-refractivity contribution is 0.126. The predicted molar refractivity (Wildman–Crippen MR) is 66.4 cm³/mol. The van der Waals surface area contributed by atoms with Crippen molar-refractivity contribution >= 4 is 81.8 Å². The molecule has 0 rings (SSSR count). The molecule has 0 aromatic carbocycles. The molecule has 0 aliphatic heterocycles. The fourth-order valence-corrected chi connectivity index (χ4v) is 0.778. The summed E-state index contributed by atoms with van der Waals surface area (Å²) in [6.45, 7) is -1.08. The van der Waals surface area contributed by atoms with E-state index in [1.54, 1.807) is 5.32 Å². The van der Waals surface area contributed by atoms with Gasteiger partial charge in [0.15, 0.2) is 0 Å². The van der Waals surface area contributed by atoms with Gasteiger partial charge in [0.05, 0.1) is 0 Å². The Morgan fingerprint density at radius 3 is 1.35 bits per heavy atom. The fourth-order valence-electron chi connectivity index (χ4n) is 0.450. The van der Waals surface area contributed by atoms with Crippen LogP contribution in [0.3, 0.4) is 0 Å². The first kappa shape index (κ1) is 17.5. The highest BCUT2D eigenvalue weighted by molar-refractivity contribution is 6.68. The maximum absolute atomic E-state index is 10.9. The van der Waals surface area contributed by atoms with Crippen molar-refractivity contribution in [2.45, 2.75) is 7.59 Å². The molecule has 17 heavy (non-hydrogen) atoms. The Hall–Kier alpha value is 0.480. The van der Waals surface area contributed by atoms with Gasteiger partial charge in [-0.2, -0.15) is 0 Å². The summed E-state index contributed by atoms with van der Waals surface area (Å²) in [6.07, 6.45) is -2.32. The molecular formula is C6H5Cl6NO4. The molecule has 11 heteroatoms. The van der Waals surface area contributed by atoms with Gasteiger partial charge in [0, 0.05) is 0 Å². The number of imide groups is 1. The van der Waals surface area contributed by atoms with Crippen LogP contribution < -0.4 is 5.32 Å². The van der Waals surface area contributed by atoms with Crippen LogP contribution in [0.5, 0.6) is 0 Å². The van der Waals surface area contributed by atoms with Gasteiger partial charge in [-0.15, -0.1) is 0 Å². The normalized spacial score (nSPS) is 11.9. The van der Waals surface area contributed by atoms with E-state index in [-0.39, 0.29) is 0 Å². The van der Waals surface area contributed by atoms with Gasteiger partial charge in [-0.1, -0.05) is 69.6 Å². The fraction of sp³-hybridized carbons (Fsp3) is 0.667. The highest BCUT2D eigenvalue weighted by atomic mass is 35.6. The molecular weight excluding hydrogens is 363 g/mol. The SMILES string of the molecule is O=C(NC(=O)OCC(Cl)(Cl)Cl)OCC(Cl)(Cl)Cl. The van der Waals surface area contributed by atoms with Gasteiger partial charge in [-0.3, -0.25) is 0 Å². The van der Waals surface area contributed by atoms with Crippen LogP contribution in [0.2, 0.25) is 0 Å². The second-order valence-electron chi connectivity index (χ2n) is 2.51. The van der Waals surface area contributed by atoms with E-state index in [1.165, 1.54) is 0 Å². The molecule has 0 aromatic heterocycles. The molecule has 0 radical (unpaired) electrons. The minimum Gasteiger partial charge on any atom is -0.445 e. The van der Waals surface area contributed by atoms with Crippen LogP contribution in [0, 0.1) is 0 Å². The van der Waals surface area contributed by atoms with Gasteiger partial charge < -0.3 is 9.47 Å². The standard InChI is InChI=1S/C6H5Cl6NO4/c7-5(8,9)1-16-3(14)13-4(15)17-2-6(10,11)12/h1-2H2,(H,13,14,15). The molecule has 0 aromatic rings. The molecule has 0 unspecified atom stereocenters. The lowest BCUT2D eigenvalue weighted by Gasteiger charge is -2.13. The van der Waals surface area contributed by atoms with Crippen molar-refractivity contribution in [1.29, 1.82) is 0 Å². The van der Waals surface area contributed by atoms with Crippen LogP contribution in [0.1, 0.15) is 0 Å². The first-order valence-electron chi connectivity index (χ1n) is 3.73. The van der Waals surface area contributed by atoms with E-state index >= 15 is 0 Å². The Morgan fingerprint density at radius 1 is 0.824 bits per heavy atom. The molecule has 0 saturated heterocycles. The Kier molecular flexibility index (Phi) is 7.37. The number of alkyl halides is 6. The van der Waals surface area contributed by atoms with E-state index in [9.17, 15) is 9.59 Å². The molecule has 100 valence electrons. The Balaban J connectivity index is 3.86. The molecule has 1 N–H and O–H groups in total. The molecule has 0 fully saturated rings. The average Bonchev–Trinajstić information content (AvgIpc) is 2.09. The molecule has 0 aliphatic rings. The summed E-state index contributed by atoms with van der Waals surface area (Å²) in [4.78, 5) is 21.8. The van der Waals surface area contributed by atoms with Crippen LogP contribution >= 0.6 is 69.6 Å². The molecule has 5 nitrogen and oxygen atoms in total. The number of alkyl carbamates (subject to hydrolysis) is 2. The van der Waals surface area contributed by atoms with E-state index in [0.29, 0.717) is 0 Å². The largest absolute Gasteiger partial charge is 0.445 e. The maximum atomic E-state index is 10.9. The summed E-state index contributed by atoms with van der Waals surface area (Å²) in [5.41, 5.74) is 0. The summed E-state index contributed by atoms with van der Waals surface area (Å²) in [6, 6.07) is 0. The van der Waals surface area contributed by atoms with Gasteiger partial charge in [0.25, 0.3) is 0 Å². The van der Waals surface area contributed by atoms with Gasteiger partial charge >= 0.3 is 12.2 Å². The van der Waals surface area contributed by atoms with Crippen molar-refractivity contribution in [3.63, 3.8) is 0 Å². The Bertz CT molecular complexity index is 257. The second kappa shape index (κ2) is 7.16. The third kappa shape index (κ3) is 12.7. The van der Waals surface area contributed by atoms with Gasteiger partial charge in [-0.05, 0) is 0 Å². The molecule has 0 atom stereocenters. The first-order valence-corrected chi connectivity index (χ1v) is 6.00. The highest BCUT2D eigenvalue weighted by Gasteiger charge is 2.25. The summed E-state index contributed by atoms with van der Waals surface area (Å²) >= 11 is 31.8. The summed E-state index contributed by atoms with van der Waals surface area (Å²) < 4.78 is 5.17. The maximum Gasteiger partial charge on any atom is 0.416 e. The number of carbonyl (C=O) groups is 2. The van der Waals surface area contributed by atoms with Gasteiger partial charge in [0.1, 0.15) is 13.2 Å². The minimum absolute atomic E-state index is 0.540. The van der Waals surface area contributed by atoms with Crippen molar-refractivity contribution in [3.8, 4) is 0 Å². The zero-order chi connectivity index (χ0) is 13.7. The second-order valence-corrected chi connectivity index (χ2v) is 7.54. The van der Waals surface area contributed by atoms with E-state index in [0.717, 1.165) is 0 Å². The van der Waals surface area contributed by atoms with Gasteiger partial charge in [0.2, 0.25) is 7.59 Å². The monoisotopic (exact) mass is 365 g/mol. The molecule has 2 amide bonds. The van der Waals surface area contributed by atoms with Crippen molar-refractivity contribution < 1.29 is 19.1 Å². The number of ether oxygens (including phenoxy) is 2. The molecule has 0 aliphatic carbocycles. The van der Waals surface area contributed by atoms with Crippen LogP contribution in [0.15, 0.2) is 0 Å². The predicted octanol–water partition coefficient (Wildman–Crippen LogP) is 3.59. The number of hydrogen-bond donors (Lipinski definition) is 1. The van der Waals surface area contributed by atoms with Crippen LogP contribution in [-0.2, 0) is 9.47 Å². The van der Waals surface area contributed by atoms with Crippen LogP contribution in [0.4, 0.5) is 9.59 Å². The third-order valence-corrected chi connectivity index (χ3v) is 1.59. The van der Waals surface area contributed by atoms with E-state index in [4.69, 9.17) is 69.6 Å². The van der Waals surface area contributed by atoms with E-state index in [1.807, 2.05) is 0 Å². The van der Waals surface area contributed by atoms with Crippen molar-refractivity contribution in [2.24, 2.45) is 0 Å². The highest BCUT2D eigenvalue weighted by Crippen LogP contribution is 2.26. The van der Waals surface area contributed by atoms with Gasteiger partial charge in [-0.25, -0.2) is 14.9 Å². The Morgan fingerprint density at radius 2 is 1.12 bits per heavy atom. The number of hydrogen-bond acceptors (Lipinski definition) is 4. The zero-order valence-electron chi connectivity index (χ0n) is 7.81. The van der Waals surface area contributed by atoms with E-state index < -0.39 is 33.0 Å². The molecule has 0 heterocycles. The van der Waals surface area contributed by atoms with Crippen molar-refractivity contribution in [1.82, 2.24) is 5.32 Å². The van der Waals surface area contributed by atoms with Crippen LogP contribution in [-0.4, -0.2) is 33.0 Å². The lowest BCUT2D eigenvalue weighted by Crippen LogP contribution is -2.35. The number of halogens is 6. The smallest absolute Gasteiger partial charge is 0.416 e. The number of amides is 2. The van der Waals surface area contributed by atoms with Crippen molar-refractivity contribution in [2.75, 3.05) is 13.2 Å². The number of nitrogens with one attached hydrogen (secondary N) is 1. The minimum atomic E-state index is -1.78. The lowest BCUT2D eigenvalue weighted by atomic mass is 10.8.